The van der Waals surface area contributed by atoms with E-state index in [1.165, 1.54) is 25.2 Å². The van der Waals surface area contributed by atoms with Crippen LogP contribution >= 0.6 is 0 Å². The zero-order chi connectivity index (χ0) is 17.6. The topological polar surface area (TPSA) is 108 Å². The third kappa shape index (κ3) is 2.27. The summed E-state index contributed by atoms with van der Waals surface area (Å²) in [5, 5.41) is 6.77. The number of aromatic nitrogens is 3. The molecule has 0 saturated carbocycles. The van der Waals surface area contributed by atoms with E-state index in [0.717, 1.165) is 0 Å². The minimum atomic E-state index is -0.673. The molecule has 0 bridgehead atoms. The molecule has 2 aliphatic heterocycles. The van der Waals surface area contributed by atoms with E-state index in [9.17, 15) is 9.59 Å². The summed E-state index contributed by atoms with van der Waals surface area (Å²) in [4.78, 5) is 32.9. The number of carbonyl (C=O) groups is 2. The van der Waals surface area contributed by atoms with Gasteiger partial charge in [0.1, 0.15) is 12.2 Å². The highest BCUT2D eigenvalue weighted by molar-refractivity contribution is 6.17. The summed E-state index contributed by atoms with van der Waals surface area (Å²) in [7, 11) is 3.06. The molecule has 9 nitrogen and oxygen atoms in total. The van der Waals surface area contributed by atoms with Gasteiger partial charge in [-0.05, 0) is 6.07 Å². The molecule has 128 valence electrons. The Morgan fingerprint density at radius 2 is 2.08 bits per heavy atom. The molecule has 2 unspecified atom stereocenters. The Balaban J connectivity index is 1.87. The van der Waals surface area contributed by atoms with E-state index < -0.39 is 11.8 Å². The van der Waals surface area contributed by atoms with Crippen molar-refractivity contribution in [2.75, 3.05) is 19.5 Å². The predicted octanol–water partition coefficient (Wildman–Crippen LogP) is 0.824. The fourth-order valence-corrected chi connectivity index (χ4v) is 3.38. The van der Waals surface area contributed by atoms with Gasteiger partial charge in [-0.1, -0.05) is 12.1 Å². The normalized spacial score (nSPS) is 21.8. The third-order valence-electron chi connectivity index (χ3n) is 4.43. The molecular weight excluding hydrogens is 326 g/mol. The largest absolute Gasteiger partial charge is 0.493 e. The van der Waals surface area contributed by atoms with Gasteiger partial charge in [0.2, 0.25) is 17.8 Å². The number of aliphatic imine (C=N–C) groups is 1. The van der Waals surface area contributed by atoms with Crippen molar-refractivity contribution in [1.29, 1.82) is 0 Å². The van der Waals surface area contributed by atoms with Crippen molar-refractivity contribution >= 4 is 23.6 Å². The van der Waals surface area contributed by atoms with Crippen LogP contribution in [0.3, 0.4) is 0 Å². The Morgan fingerprint density at radius 3 is 2.84 bits per heavy atom. The molecule has 1 aromatic carbocycles. The molecule has 4 rings (SSSR count). The minimum absolute atomic E-state index is 0.0924. The molecule has 2 aliphatic rings. The Morgan fingerprint density at radius 1 is 1.24 bits per heavy atom. The van der Waals surface area contributed by atoms with Crippen LogP contribution in [0.15, 0.2) is 29.5 Å². The second kappa shape index (κ2) is 5.69. The standard InChI is InChI=1S/C16H15N5O4/c1-24-10-5-3-4-8(13(10)25-2)9-6-11(22)19-14-12(9)15(23)20-16-17-7-18-21(14)16/h3-5,7,9,12H,6H2,1-2H3,(H,17,18,20,23). The van der Waals surface area contributed by atoms with E-state index in [0.29, 0.717) is 17.1 Å². The van der Waals surface area contributed by atoms with Crippen molar-refractivity contribution in [2.24, 2.45) is 10.9 Å². The molecule has 1 aromatic heterocycles. The van der Waals surface area contributed by atoms with E-state index >= 15 is 0 Å². The average molecular weight is 341 g/mol. The lowest BCUT2D eigenvalue weighted by atomic mass is 9.79. The average Bonchev–Trinajstić information content (AvgIpc) is 3.08. The monoisotopic (exact) mass is 341 g/mol. The van der Waals surface area contributed by atoms with Crippen LogP contribution in [0.2, 0.25) is 0 Å². The summed E-state index contributed by atoms with van der Waals surface area (Å²) in [6.07, 6.45) is 1.40. The van der Waals surface area contributed by atoms with Gasteiger partial charge in [-0.3, -0.25) is 14.9 Å². The quantitative estimate of drug-likeness (QED) is 0.886. The van der Waals surface area contributed by atoms with Gasteiger partial charge in [0.15, 0.2) is 17.3 Å². The summed E-state index contributed by atoms with van der Waals surface area (Å²) in [5.41, 5.74) is 0.714. The molecule has 3 heterocycles. The molecule has 2 atom stereocenters. The van der Waals surface area contributed by atoms with Crippen molar-refractivity contribution < 1.29 is 19.1 Å². The van der Waals surface area contributed by atoms with Gasteiger partial charge in [0, 0.05) is 17.9 Å². The SMILES string of the molecule is COc1cccc(C2CC(=O)N=C3C2C(=O)Nc2ncnn23)c1OC. The van der Waals surface area contributed by atoms with Gasteiger partial charge in [0.05, 0.1) is 14.2 Å². The first-order valence-corrected chi connectivity index (χ1v) is 7.67. The molecule has 1 N–H and O–H groups in total. The summed E-state index contributed by atoms with van der Waals surface area (Å²) >= 11 is 0. The van der Waals surface area contributed by atoms with E-state index in [-0.39, 0.29) is 30.0 Å². The lowest BCUT2D eigenvalue weighted by molar-refractivity contribution is -0.121. The highest BCUT2D eigenvalue weighted by atomic mass is 16.5. The lowest BCUT2D eigenvalue weighted by Crippen LogP contribution is -2.46. The van der Waals surface area contributed by atoms with E-state index in [1.54, 1.807) is 12.1 Å². The van der Waals surface area contributed by atoms with Crippen molar-refractivity contribution in [2.45, 2.75) is 12.3 Å². The number of nitrogens with one attached hydrogen (secondary N) is 1. The fraction of sp³-hybridized carbons (Fsp3) is 0.312. The number of amides is 2. The first-order chi connectivity index (χ1) is 12.1. The molecule has 0 aliphatic carbocycles. The van der Waals surface area contributed by atoms with Crippen molar-refractivity contribution in [3.8, 4) is 11.5 Å². The number of nitrogens with zero attached hydrogens (tertiary/aromatic N) is 4. The maximum atomic E-state index is 12.7. The van der Waals surface area contributed by atoms with Crippen molar-refractivity contribution in [3.63, 3.8) is 0 Å². The lowest BCUT2D eigenvalue weighted by Gasteiger charge is -2.33. The summed E-state index contributed by atoms with van der Waals surface area (Å²) in [6, 6.07) is 5.39. The Kier molecular flexibility index (Phi) is 3.48. The van der Waals surface area contributed by atoms with Gasteiger partial charge < -0.3 is 9.47 Å². The van der Waals surface area contributed by atoms with Gasteiger partial charge >= 0.3 is 0 Å². The number of benzene rings is 1. The number of hydrogen-bond donors (Lipinski definition) is 1. The van der Waals surface area contributed by atoms with Gasteiger partial charge in [-0.2, -0.15) is 19.8 Å². The first-order valence-electron chi connectivity index (χ1n) is 7.67. The number of ether oxygens (including phenoxy) is 2. The summed E-state index contributed by atoms with van der Waals surface area (Å²) in [5.74, 6) is -0.141. The molecule has 9 heteroatoms. The highest BCUT2D eigenvalue weighted by Crippen LogP contribution is 2.43. The number of hydrogen-bond acceptors (Lipinski definition) is 6. The number of anilines is 1. The zero-order valence-corrected chi connectivity index (χ0v) is 13.6. The van der Waals surface area contributed by atoms with Crippen LogP contribution in [0.1, 0.15) is 17.9 Å². The Bertz CT molecular complexity index is 904. The molecule has 0 radical (unpaired) electrons. The molecular formula is C16H15N5O4. The van der Waals surface area contributed by atoms with Crippen molar-refractivity contribution in [3.05, 3.63) is 30.1 Å². The van der Waals surface area contributed by atoms with Crippen LogP contribution in [0.25, 0.3) is 0 Å². The second-order valence-electron chi connectivity index (χ2n) is 5.72. The minimum Gasteiger partial charge on any atom is -0.493 e. The first kappa shape index (κ1) is 15.3. The Hall–Kier alpha value is -3.23. The van der Waals surface area contributed by atoms with Crippen LogP contribution in [0.4, 0.5) is 5.95 Å². The highest BCUT2D eigenvalue weighted by Gasteiger charge is 2.45. The van der Waals surface area contributed by atoms with Gasteiger partial charge in [-0.15, -0.1) is 0 Å². The Labute approximate surface area is 142 Å². The molecule has 0 spiro atoms. The molecule has 0 saturated heterocycles. The number of carbonyl (C=O) groups excluding carboxylic acids is 2. The van der Waals surface area contributed by atoms with Crippen LogP contribution in [0.5, 0.6) is 11.5 Å². The fourth-order valence-electron chi connectivity index (χ4n) is 3.38. The second-order valence-corrected chi connectivity index (χ2v) is 5.72. The molecule has 2 aromatic rings. The maximum Gasteiger partial charge on any atom is 0.248 e. The summed E-state index contributed by atoms with van der Waals surface area (Å²) in [6.45, 7) is 0. The van der Waals surface area contributed by atoms with Crippen LogP contribution in [-0.4, -0.2) is 46.6 Å². The number of para-hydroxylation sites is 1. The zero-order valence-electron chi connectivity index (χ0n) is 13.6. The number of rotatable bonds is 3. The van der Waals surface area contributed by atoms with Crippen molar-refractivity contribution in [1.82, 2.24) is 14.8 Å². The van der Waals surface area contributed by atoms with Crippen LogP contribution in [0, 0.1) is 5.92 Å². The summed E-state index contributed by atoms with van der Waals surface area (Å²) < 4.78 is 12.2. The van der Waals surface area contributed by atoms with E-state index in [4.69, 9.17) is 9.47 Å². The van der Waals surface area contributed by atoms with Gasteiger partial charge in [-0.25, -0.2) is 0 Å². The van der Waals surface area contributed by atoms with Gasteiger partial charge in [0.25, 0.3) is 0 Å². The maximum absolute atomic E-state index is 12.7. The van der Waals surface area contributed by atoms with E-state index in [2.05, 4.69) is 20.4 Å². The smallest absolute Gasteiger partial charge is 0.248 e. The molecule has 0 fully saturated rings. The molecule has 2 amide bonds. The number of fused-ring (bicyclic) bond motifs is 3. The molecule has 25 heavy (non-hydrogen) atoms. The van der Waals surface area contributed by atoms with Crippen LogP contribution in [-0.2, 0) is 9.59 Å². The van der Waals surface area contributed by atoms with E-state index in [1.807, 2.05) is 6.07 Å². The predicted molar refractivity (Wildman–Crippen MR) is 86.9 cm³/mol. The third-order valence-corrected chi connectivity index (χ3v) is 4.43. The van der Waals surface area contributed by atoms with Crippen LogP contribution < -0.4 is 14.8 Å². The number of methoxy groups -OCH3 is 2.